The van der Waals surface area contributed by atoms with Gasteiger partial charge in [0.2, 0.25) is 0 Å². The number of rotatable bonds is 0. The van der Waals surface area contributed by atoms with Crippen molar-refractivity contribution in [2.24, 2.45) is 7.05 Å². The van der Waals surface area contributed by atoms with E-state index >= 15 is 0 Å². The molecule has 0 spiro atoms. The van der Waals surface area contributed by atoms with Gasteiger partial charge in [0.05, 0.1) is 6.20 Å². The highest BCUT2D eigenvalue weighted by molar-refractivity contribution is 6.29. The number of aromatic nitrogens is 3. The Morgan fingerprint density at radius 2 is 2.57 bits per heavy atom. The van der Waals surface area contributed by atoms with Gasteiger partial charge in [-0.3, -0.25) is 4.68 Å². The molecule has 1 heterocycles. The highest BCUT2D eigenvalue weighted by Crippen LogP contribution is 1.96. The quantitative estimate of drug-likeness (QED) is 0.495. The minimum absolute atomic E-state index is 0.433. The van der Waals surface area contributed by atoms with Crippen molar-refractivity contribution < 1.29 is 0 Å². The van der Waals surface area contributed by atoms with Crippen LogP contribution in [0.3, 0.4) is 0 Å². The van der Waals surface area contributed by atoms with Crippen molar-refractivity contribution in [2.75, 3.05) is 0 Å². The van der Waals surface area contributed by atoms with Gasteiger partial charge in [-0.05, 0) is 0 Å². The van der Waals surface area contributed by atoms with Crippen molar-refractivity contribution in [1.29, 1.82) is 0 Å². The van der Waals surface area contributed by atoms with E-state index in [4.69, 9.17) is 11.6 Å². The van der Waals surface area contributed by atoms with E-state index in [-0.39, 0.29) is 0 Å². The largest absolute Gasteiger partial charge is 0.254 e. The predicted octanol–water partition coefficient (Wildman–Crippen LogP) is 0.468. The van der Waals surface area contributed by atoms with Crippen LogP contribution in [0, 0.1) is 0 Å². The summed E-state index contributed by atoms with van der Waals surface area (Å²) in [4.78, 5) is 0. The molecule has 1 aromatic heterocycles. The topological polar surface area (TPSA) is 30.7 Å². The van der Waals surface area contributed by atoms with Crippen molar-refractivity contribution in [3.8, 4) is 0 Å². The lowest BCUT2D eigenvalue weighted by Crippen LogP contribution is -1.85. The number of aryl methyl sites for hydroxylation is 1. The van der Waals surface area contributed by atoms with Gasteiger partial charge in [0.15, 0.2) is 5.15 Å². The van der Waals surface area contributed by atoms with Crippen molar-refractivity contribution in [3.63, 3.8) is 0 Å². The molecule has 1 aromatic rings. The van der Waals surface area contributed by atoms with Crippen molar-refractivity contribution >= 4 is 11.6 Å². The molecule has 0 bridgehead atoms. The highest BCUT2D eigenvalue weighted by atomic mass is 35.5. The lowest BCUT2D eigenvalue weighted by atomic mass is 10.9. The molecule has 0 fully saturated rings. The Morgan fingerprint density at radius 3 is 2.71 bits per heavy atom. The number of halogens is 1. The van der Waals surface area contributed by atoms with Crippen LogP contribution in [-0.4, -0.2) is 15.0 Å². The van der Waals surface area contributed by atoms with Crippen LogP contribution in [-0.2, 0) is 7.05 Å². The van der Waals surface area contributed by atoms with E-state index in [1.165, 1.54) is 0 Å². The zero-order chi connectivity index (χ0) is 5.28. The zero-order valence-electron chi connectivity index (χ0n) is 3.80. The Labute approximate surface area is 45.9 Å². The fraction of sp³-hybridized carbons (Fsp3) is 0.333. The Morgan fingerprint density at radius 1 is 1.86 bits per heavy atom. The smallest absolute Gasteiger partial charge is 0.171 e. The van der Waals surface area contributed by atoms with Crippen LogP contribution in [0.4, 0.5) is 0 Å². The van der Waals surface area contributed by atoms with Crippen LogP contribution in [0.5, 0.6) is 0 Å². The Bertz CT molecular complexity index is 142. The van der Waals surface area contributed by atoms with Crippen LogP contribution >= 0.6 is 11.6 Å². The maximum absolute atomic E-state index is 5.37. The standard InChI is InChI=1S/C3H4ClN3/c1-7-2-3(4)5-6-7/h2H,1H3. The normalized spacial score (nSPS) is 9.43. The predicted molar refractivity (Wildman–Crippen MR) is 26.0 cm³/mol. The second-order valence-electron chi connectivity index (χ2n) is 1.21. The van der Waals surface area contributed by atoms with Gasteiger partial charge in [-0.15, -0.1) is 5.10 Å². The lowest BCUT2D eigenvalue weighted by molar-refractivity contribution is 0.715. The second kappa shape index (κ2) is 1.50. The summed E-state index contributed by atoms with van der Waals surface area (Å²) in [5, 5.41) is 7.48. The molecule has 0 saturated heterocycles. The van der Waals surface area contributed by atoms with Crippen molar-refractivity contribution in [3.05, 3.63) is 11.3 Å². The van der Waals surface area contributed by atoms with Gasteiger partial charge in [-0.25, -0.2) is 0 Å². The lowest BCUT2D eigenvalue weighted by Gasteiger charge is -1.74. The highest BCUT2D eigenvalue weighted by Gasteiger charge is 1.86. The van der Waals surface area contributed by atoms with E-state index < -0.39 is 0 Å². The number of nitrogens with zero attached hydrogens (tertiary/aromatic N) is 3. The molecule has 0 atom stereocenters. The molecule has 1 rings (SSSR count). The Balaban J connectivity index is 3.04. The average molecular weight is 118 g/mol. The molecular weight excluding hydrogens is 114 g/mol. The molecule has 38 valence electrons. The molecule has 0 amide bonds. The summed E-state index contributed by atoms with van der Waals surface area (Å²) in [6.45, 7) is 0. The van der Waals surface area contributed by atoms with Gasteiger partial charge < -0.3 is 0 Å². The average Bonchev–Trinajstić information content (AvgIpc) is 1.87. The molecule has 0 aliphatic heterocycles. The first kappa shape index (κ1) is 4.59. The summed E-state index contributed by atoms with van der Waals surface area (Å²) in [7, 11) is 1.76. The number of hydrogen-bond donors (Lipinski definition) is 0. The summed E-state index contributed by atoms with van der Waals surface area (Å²) in [5.74, 6) is 0. The molecule has 0 saturated carbocycles. The van der Waals surface area contributed by atoms with Crippen LogP contribution in [0.1, 0.15) is 0 Å². The molecule has 3 nitrogen and oxygen atoms in total. The molecule has 0 aliphatic carbocycles. The van der Waals surface area contributed by atoms with Gasteiger partial charge in [0, 0.05) is 7.05 Å². The van der Waals surface area contributed by atoms with Gasteiger partial charge in [-0.2, -0.15) is 0 Å². The van der Waals surface area contributed by atoms with Crippen LogP contribution < -0.4 is 0 Å². The molecule has 0 unspecified atom stereocenters. The van der Waals surface area contributed by atoms with Crippen molar-refractivity contribution in [1.82, 2.24) is 15.0 Å². The minimum Gasteiger partial charge on any atom is -0.254 e. The summed E-state index contributed by atoms with van der Waals surface area (Å²) >= 11 is 5.37. The Kier molecular flexibility index (Phi) is 0.982. The first-order valence-corrected chi connectivity index (χ1v) is 2.18. The summed E-state index contributed by atoms with van der Waals surface area (Å²) in [6.07, 6.45) is 1.63. The zero-order valence-corrected chi connectivity index (χ0v) is 4.55. The molecule has 0 aliphatic rings. The minimum atomic E-state index is 0.433. The molecule has 0 N–H and O–H groups in total. The van der Waals surface area contributed by atoms with E-state index in [1.807, 2.05) is 0 Å². The monoisotopic (exact) mass is 117 g/mol. The summed E-state index contributed by atoms with van der Waals surface area (Å²) in [5.41, 5.74) is 0. The van der Waals surface area contributed by atoms with Gasteiger partial charge >= 0.3 is 0 Å². The van der Waals surface area contributed by atoms with Gasteiger partial charge in [0.1, 0.15) is 0 Å². The van der Waals surface area contributed by atoms with Crippen molar-refractivity contribution in [2.45, 2.75) is 0 Å². The van der Waals surface area contributed by atoms with E-state index in [0.29, 0.717) is 5.15 Å². The second-order valence-corrected chi connectivity index (χ2v) is 1.60. The molecular formula is C3H4ClN3. The maximum Gasteiger partial charge on any atom is 0.171 e. The van der Waals surface area contributed by atoms with E-state index in [0.717, 1.165) is 0 Å². The summed E-state index contributed by atoms with van der Waals surface area (Å²) in [6, 6.07) is 0. The van der Waals surface area contributed by atoms with Crippen LogP contribution in [0.15, 0.2) is 6.20 Å². The molecule has 7 heavy (non-hydrogen) atoms. The Hall–Kier alpha value is -0.570. The maximum atomic E-state index is 5.37. The van der Waals surface area contributed by atoms with Crippen LogP contribution in [0.2, 0.25) is 5.15 Å². The van der Waals surface area contributed by atoms with Crippen LogP contribution in [0.25, 0.3) is 0 Å². The molecule has 4 heteroatoms. The first-order chi connectivity index (χ1) is 3.29. The fourth-order valence-electron chi connectivity index (χ4n) is 0.319. The molecule has 0 radical (unpaired) electrons. The van der Waals surface area contributed by atoms with E-state index in [2.05, 4.69) is 10.3 Å². The first-order valence-electron chi connectivity index (χ1n) is 1.81. The van der Waals surface area contributed by atoms with E-state index in [9.17, 15) is 0 Å². The third-order valence-electron chi connectivity index (χ3n) is 0.575. The summed E-state index contributed by atoms with van der Waals surface area (Å²) < 4.78 is 1.54. The number of hydrogen-bond acceptors (Lipinski definition) is 2. The molecule has 0 aromatic carbocycles. The fourth-order valence-corrected chi connectivity index (χ4v) is 0.494. The van der Waals surface area contributed by atoms with Gasteiger partial charge in [0.25, 0.3) is 0 Å². The SMILES string of the molecule is Cn1cc(Cl)nn1. The third-order valence-corrected chi connectivity index (χ3v) is 0.748. The van der Waals surface area contributed by atoms with Gasteiger partial charge in [-0.1, -0.05) is 16.8 Å². The van der Waals surface area contributed by atoms with E-state index in [1.54, 1.807) is 17.9 Å². The third kappa shape index (κ3) is 0.899.